The van der Waals surface area contributed by atoms with Crippen molar-refractivity contribution in [3.63, 3.8) is 0 Å². The number of aryl methyl sites for hydroxylation is 1. The van der Waals surface area contributed by atoms with Crippen LogP contribution < -0.4 is 11.5 Å². The van der Waals surface area contributed by atoms with Gasteiger partial charge in [-0.2, -0.15) is 0 Å². The third-order valence-corrected chi connectivity index (χ3v) is 3.60. The molecule has 0 radical (unpaired) electrons. The van der Waals surface area contributed by atoms with Crippen molar-refractivity contribution < 1.29 is 4.79 Å². The lowest BCUT2D eigenvalue weighted by atomic mass is 10.3. The van der Waals surface area contributed by atoms with E-state index in [0.717, 1.165) is 19.4 Å². The predicted molar refractivity (Wildman–Crippen MR) is 74.6 cm³/mol. The summed E-state index contributed by atoms with van der Waals surface area (Å²) < 4.78 is 1.96. The predicted octanol–water partition coefficient (Wildman–Crippen LogP) is 0.786. The van der Waals surface area contributed by atoms with E-state index < -0.39 is 0 Å². The molecule has 0 aliphatic carbocycles. The van der Waals surface area contributed by atoms with Crippen LogP contribution in [0.1, 0.15) is 19.8 Å². The van der Waals surface area contributed by atoms with Crippen LogP contribution >= 0.6 is 11.8 Å². The van der Waals surface area contributed by atoms with Crippen LogP contribution in [-0.4, -0.2) is 31.2 Å². The highest BCUT2D eigenvalue weighted by Crippen LogP contribution is 2.25. The molecule has 2 aromatic rings. The Labute approximate surface area is 114 Å². The number of nitrogens with zero attached hydrogens (tertiary/aromatic N) is 4. The summed E-state index contributed by atoms with van der Waals surface area (Å²) in [7, 11) is 0. The quantitative estimate of drug-likeness (QED) is 0.756. The van der Waals surface area contributed by atoms with Crippen LogP contribution in [0.2, 0.25) is 0 Å². The molecule has 1 amide bonds. The molecule has 2 heterocycles. The van der Waals surface area contributed by atoms with Gasteiger partial charge in [0.25, 0.3) is 0 Å². The largest absolute Gasteiger partial charge is 0.382 e. The molecule has 0 fully saturated rings. The summed E-state index contributed by atoms with van der Waals surface area (Å²) in [4.78, 5) is 23.4. The zero-order chi connectivity index (χ0) is 13.8. The van der Waals surface area contributed by atoms with Crippen LogP contribution in [0.4, 0.5) is 5.82 Å². The fourth-order valence-corrected chi connectivity index (χ4v) is 2.46. The second-order valence-electron chi connectivity index (χ2n) is 4.09. The second kappa shape index (κ2) is 5.87. The van der Waals surface area contributed by atoms with Gasteiger partial charge in [-0.25, -0.2) is 15.0 Å². The molecule has 0 saturated carbocycles. The Bertz CT molecular complexity index is 596. The minimum absolute atomic E-state index is 0.183. The van der Waals surface area contributed by atoms with Crippen LogP contribution in [0.5, 0.6) is 0 Å². The number of fused-ring (bicyclic) bond motifs is 1. The number of unbranched alkanes of at least 4 members (excludes halogenated alkanes) is 1. The number of primary amides is 1. The van der Waals surface area contributed by atoms with Crippen molar-refractivity contribution in [2.45, 2.75) is 31.5 Å². The van der Waals surface area contributed by atoms with E-state index in [4.69, 9.17) is 11.5 Å². The van der Waals surface area contributed by atoms with Gasteiger partial charge in [0, 0.05) is 6.54 Å². The Morgan fingerprint density at radius 2 is 2.26 bits per heavy atom. The number of hydrogen-bond acceptors (Lipinski definition) is 6. The zero-order valence-corrected chi connectivity index (χ0v) is 11.5. The van der Waals surface area contributed by atoms with E-state index in [2.05, 4.69) is 21.9 Å². The molecule has 0 bridgehead atoms. The van der Waals surface area contributed by atoms with Gasteiger partial charge >= 0.3 is 0 Å². The van der Waals surface area contributed by atoms with E-state index in [1.165, 1.54) is 18.1 Å². The number of amides is 1. The molecule has 2 aromatic heterocycles. The summed E-state index contributed by atoms with van der Waals surface area (Å²) in [6, 6.07) is 0. The topological polar surface area (TPSA) is 113 Å². The number of thioether (sulfide) groups is 1. The SMILES string of the molecule is CCCCn1c(SCC(N)=O)nc2c(N)ncnc21. The Kier molecular flexibility index (Phi) is 4.20. The Hall–Kier alpha value is -1.83. The first-order chi connectivity index (χ1) is 9.13. The van der Waals surface area contributed by atoms with E-state index in [1.807, 2.05) is 4.57 Å². The van der Waals surface area contributed by atoms with Gasteiger partial charge in [-0.3, -0.25) is 4.79 Å². The van der Waals surface area contributed by atoms with Gasteiger partial charge in [0.05, 0.1) is 5.75 Å². The van der Waals surface area contributed by atoms with Gasteiger partial charge in [-0.05, 0) is 6.42 Å². The van der Waals surface area contributed by atoms with E-state index in [9.17, 15) is 4.79 Å². The molecule has 0 atom stereocenters. The number of aromatic nitrogens is 4. The zero-order valence-electron chi connectivity index (χ0n) is 10.7. The van der Waals surface area contributed by atoms with Crippen molar-refractivity contribution in [3.05, 3.63) is 6.33 Å². The van der Waals surface area contributed by atoms with Crippen LogP contribution in [0.3, 0.4) is 0 Å². The summed E-state index contributed by atoms with van der Waals surface area (Å²) in [6.07, 6.45) is 3.48. The minimum atomic E-state index is -0.377. The summed E-state index contributed by atoms with van der Waals surface area (Å²) >= 11 is 1.29. The molecule has 19 heavy (non-hydrogen) atoms. The standard InChI is InChI=1S/C11H16N6OS/c1-2-3-4-17-10-8(9(13)14-6-15-10)16-11(17)19-5-7(12)18/h6H,2-5H2,1H3,(H2,12,18)(H2,13,14,15). The van der Waals surface area contributed by atoms with Crippen LogP contribution in [0.25, 0.3) is 11.2 Å². The van der Waals surface area contributed by atoms with Crippen LogP contribution in [0, 0.1) is 0 Å². The molecule has 0 spiro atoms. The van der Waals surface area contributed by atoms with Crippen molar-refractivity contribution in [2.75, 3.05) is 11.5 Å². The highest BCUT2D eigenvalue weighted by Gasteiger charge is 2.15. The van der Waals surface area contributed by atoms with Gasteiger partial charge in [0.2, 0.25) is 5.91 Å². The van der Waals surface area contributed by atoms with Crippen molar-refractivity contribution in [2.24, 2.45) is 5.73 Å². The van der Waals surface area contributed by atoms with E-state index in [1.54, 1.807) is 0 Å². The highest BCUT2D eigenvalue weighted by atomic mass is 32.2. The van der Waals surface area contributed by atoms with Crippen molar-refractivity contribution in [1.29, 1.82) is 0 Å². The van der Waals surface area contributed by atoms with Crippen molar-refractivity contribution >= 4 is 34.7 Å². The summed E-state index contributed by atoms with van der Waals surface area (Å²) in [5.74, 6) is 0.155. The first-order valence-electron chi connectivity index (χ1n) is 6.01. The monoisotopic (exact) mass is 280 g/mol. The average molecular weight is 280 g/mol. The maximum absolute atomic E-state index is 10.9. The smallest absolute Gasteiger partial charge is 0.227 e. The lowest BCUT2D eigenvalue weighted by Crippen LogP contribution is -2.14. The number of nitrogen functional groups attached to an aromatic ring is 1. The van der Waals surface area contributed by atoms with Crippen molar-refractivity contribution in [3.8, 4) is 0 Å². The first kappa shape index (κ1) is 13.6. The summed E-state index contributed by atoms with van der Waals surface area (Å²) in [6.45, 7) is 2.89. The lowest BCUT2D eigenvalue weighted by Gasteiger charge is -2.06. The molecular formula is C11H16N6OS. The fourth-order valence-electron chi connectivity index (χ4n) is 1.70. The third kappa shape index (κ3) is 2.95. The molecule has 7 nitrogen and oxygen atoms in total. The summed E-state index contributed by atoms with van der Waals surface area (Å²) in [5, 5.41) is 0.703. The van der Waals surface area contributed by atoms with Crippen LogP contribution in [0.15, 0.2) is 11.5 Å². The maximum Gasteiger partial charge on any atom is 0.227 e. The molecule has 0 unspecified atom stereocenters. The third-order valence-electron chi connectivity index (χ3n) is 2.60. The molecule has 0 aromatic carbocycles. The maximum atomic E-state index is 10.9. The second-order valence-corrected chi connectivity index (χ2v) is 5.03. The summed E-state index contributed by atoms with van der Waals surface area (Å²) in [5.41, 5.74) is 12.2. The fraction of sp³-hybridized carbons (Fsp3) is 0.455. The molecule has 0 aliphatic rings. The lowest BCUT2D eigenvalue weighted by molar-refractivity contribution is -0.115. The van der Waals surface area contributed by atoms with E-state index in [0.29, 0.717) is 22.1 Å². The number of carbonyl (C=O) groups is 1. The highest BCUT2D eigenvalue weighted by molar-refractivity contribution is 7.99. The van der Waals surface area contributed by atoms with E-state index >= 15 is 0 Å². The molecule has 2 rings (SSSR count). The number of nitrogens with two attached hydrogens (primary N) is 2. The number of anilines is 1. The van der Waals surface area contributed by atoms with Gasteiger partial charge in [-0.1, -0.05) is 25.1 Å². The molecule has 0 saturated heterocycles. The Morgan fingerprint density at radius 1 is 1.47 bits per heavy atom. The normalized spacial score (nSPS) is 11.0. The molecule has 8 heteroatoms. The van der Waals surface area contributed by atoms with Gasteiger partial charge in [0.15, 0.2) is 22.1 Å². The number of carbonyl (C=O) groups excluding carboxylic acids is 1. The van der Waals surface area contributed by atoms with Gasteiger partial charge < -0.3 is 16.0 Å². The minimum Gasteiger partial charge on any atom is -0.382 e. The van der Waals surface area contributed by atoms with Crippen molar-refractivity contribution in [1.82, 2.24) is 19.5 Å². The number of hydrogen-bond donors (Lipinski definition) is 2. The van der Waals surface area contributed by atoms with Crippen LogP contribution in [-0.2, 0) is 11.3 Å². The van der Waals surface area contributed by atoms with E-state index in [-0.39, 0.29) is 11.7 Å². The molecule has 102 valence electrons. The first-order valence-corrected chi connectivity index (χ1v) is 6.99. The molecule has 4 N–H and O–H groups in total. The Morgan fingerprint density at radius 3 is 2.95 bits per heavy atom. The van der Waals surface area contributed by atoms with Gasteiger partial charge in [-0.15, -0.1) is 0 Å². The average Bonchev–Trinajstić information content (AvgIpc) is 2.73. The van der Waals surface area contributed by atoms with Gasteiger partial charge in [0.1, 0.15) is 6.33 Å². The Balaban J connectivity index is 2.41. The number of rotatable bonds is 6. The molecular weight excluding hydrogens is 264 g/mol. The molecule has 0 aliphatic heterocycles. The number of imidazole rings is 1.